The maximum absolute atomic E-state index is 14.3. The van der Waals surface area contributed by atoms with Gasteiger partial charge in [0.15, 0.2) is 0 Å². The lowest BCUT2D eigenvalue weighted by Gasteiger charge is -2.13. The fraction of sp³-hybridized carbons (Fsp3) is 0.182. The molecule has 1 amide bonds. The van der Waals surface area contributed by atoms with Crippen LogP contribution < -0.4 is 21.1 Å². The van der Waals surface area contributed by atoms with Gasteiger partial charge in [-0.1, -0.05) is 12.1 Å². The number of nitrogens with two attached hydrogens (primary N) is 1. The van der Waals surface area contributed by atoms with Gasteiger partial charge in [0, 0.05) is 24.7 Å². The fourth-order valence-electron chi connectivity index (χ4n) is 3.88. The minimum absolute atomic E-state index is 0.0622. The van der Waals surface area contributed by atoms with Gasteiger partial charge in [-0.15, -0.1) is 0 Å². The Hall–Kier alpha value is -4.28. The van der Waals surface area contributed by atoms with Crippen molar-refractivity contribution in [3.05, 3.63) is 64.7 Å². The molecular formula is C22H19F2N7O2. The van der Waals surface area contributed by atoms with E-state index in [-0.39, 0.29) is 34.4 Å². The predicted octanol–water partition coefficient (Wildman–Crippen LogP) is 2.78. The number of carbonyl (C=O) groups is 1. The van der Waals surface area contributed by atoms with Crippen LogP contribution in [-0.4, -0.2) is 39.1 Å². The highest BCUT2D eigenvalue weighted by Gasteiger charge is 2.25. The van der Waals surface area contributed by atoms with Crippen LogP contribution in [0.15, 0.2) is 36.4 Å². The molecule has 4 aromatic rings. The lowest BCUT2D eigenvalue weighted by molar-refractivity contribution is 0.100. The molecule has 5 rings (SSSR count). The molecule has 9 nitrogen and oxygen atoms in total. The minimum atomic E-state index is -0.819. The van der Waals surface area contributed by atoms with Crippen LogP contribution in [0.5, 0.6) is 6.01 Å². The van der Waals surface area contributed by atoms with Crippen molar-refractivity contribution in [2.75, 3.05) is 24.3 Å². The minimum Gasteiger partial charge on any atom is -0.468 e. The molecule has 0 bridgehead atoms. The molecule has 0 fully saturated rings. The summed E-state index contributed by atoms with van der Waals surface area (Å²) in [7, 11) is 1.40. The maximum Gasteiger partial charge on any atom is 0.304 e. The number of nitrogens with one attached hydrogen (secondary N) is 2. The first-order valence-electron chi connectivity index (χ1n) is 10.1. The number of fused-ring (bicyclic) bond motifs is 2. The number of hydrogen-bond acceptors (Lipinski definition) is 7. The second-order valence-corrected chi connectivity index (χ2v) is 7.48. The van der Waals surface area contributed by atoms with Crippen LogP contribution in [0.4, 0.5) is 20.4 Å². The molecule has 2 aromatic heterocycles. The van der Waals surface area contributed by atoms with E-state index in [2.05, 4.69) is 25.6 Å². The predicted molar refractivity (Wildman–Crippen MR) is 118 cm³/mol. The van der Waals surface area contributed by atoms with E-state index in [9.17, 15) is 13.6 Å². The summed E-state index contributed by atoms with van der Waals surface area (Å²) in [5.41, 5.74) is 7.37. The van der Waals surface area contributed by atoms with Crippen LogP contribution >= 0.6 is 0 Å². The van der Waals surface area contributed by atoms with Crippen LogP contribution in [0.1, 0.15) is 21.5 Å². The smallest absolute Gasteiger partial charge is 0.304 e. The van der Waals surface area contributed by atoms with Gasteiger partial charge in [-0.25, -0.2) is 13.3 Å². The zero-order valence-electron chi connectivity index (χ0n) is 17.5. The Bertz CT molecular complexity index is 1400. The maximum atomic E-state index is 14.3. The number of rotatable bonds is 6. The van der Waals surface area contributed by atoms with E-state index in [0.29, 0.717) is 31.1 Å². The standard InChI is InChI=1S/C22H19F2N7O2/c1-33-22-28-17-15(18(25)32)8-13(24)9-16(17)31(22)21-29-19-14(5-6-26-19)20(30-21)27-10-11-3-2-4-12(23)7-11/h2-4,7-9H,5-6,10H2,1H3,(H2,25,32)(H2,26,27,29,30). The topological polar surface area (TPSA) is 120 Å². The van der Waals surface area contributed by atoms with Crippen molar-refractivity contribution in [1.29, 1.82) is 0 Å². The Morgan fingerprint density at radius 3 is 2.82 bits per heavy atom. The third-order valence-corrected chi connectivity index (χ3v) is 5.35. The number of anilines is 2. The van der Waals surface area contributed by atoms with Crippen LogP contribution in [0.3, 0.4) is 0 Å². The summed E-state index contributed by atoms with van der Waals surface area (Å²) in [6.45, 7) is 1.01. The molecule has 0 unspecified atom stereocenters. The van der Waals surface area contributed by atoms with Gasteiger partial charge in [0.05, 0.1) is 18.2 Å². The number of amides is 1. The molecule has 11 heteroatoms. The van der Waals surface area contributed by atoms with E-state index in [1.54, 1.807) is 12.1 Å². The van der Waals surface area contributed by atoms with E-state index < -0.39 is 11.7 Å². The quantitative estimate of drug-likeness (QED) is 0.412. The number of imidazole rings is 1. The molecular weight excluding hydrogens is 432 g/mol. The van der Waals surface area contributed by atoms with E-state index in [0.717, 1.165) is 17.2 Å². The monoisotopic (exact) mass is 451 g/mol. The highest BCUT2D eigenvalue weighted by atomic mass is 19.1. The van der Waals surface area contributed by atoms with Gasteiger partial charge in [-0.2, -0.15) is 15.0 Å². The lowest BCUT2D eigenvalue weighted by Crippen LogP contribution is -2.12. The molecule has 0 saturated heterocycles. The van der Waals surface area contributed by atoms with Crippen LogP contribution in [0.2, 0.25) is 0 Å². The SMILES string of the molecule is COc1nc2c(C(N)=O)cc(F)cc2n1-c1nc2c(c(NCc3cccc(F)c3)n1)CCN2. The van der Waals surface area contributed by atoms with E-state index in [1.165, 1.54) is 29.9 Å². The number of hydrogen-bond donors (Lipinski definition) is 3. The molecule has 168 valence electrons. The molecule has 1 aliphatic heterocycles. The normalized spacial score (nSPS) is 12.5. The zero-order chi connectivity index (χ0) is 23.1. The first-order valence-corrected chi connectivity index (χ1v) is 10.1. The van der Waals surface area contributed by atoms with Gasteiger partial charge in [0.2, 0.25) is 5.95 Å². The largest absolute Gasteiger partial charge is 0.468 e. The van der Waals surface area contributed by atoms with Crippen molar-refractivity contribution in [3.63, 3.8) is 0 Å². The molecule has 33 heavy (non-hydrogen) atoms. The van der Waals surface area contributed by atoms with Gasteiger partial charge in [0.25, 0.3) is 5.91 Å². The first-order chi connectivity index (χ1) is 15.9. The Labute approximate surface area is 186 Å². The van der Waals surface area contributed by atoms with Gasteiger partial charge in [0.1, 0.15) is 28.8 Å². The fourth-order valence-corrected chi connectivity index (χ4v) is 3.88. The van der Waals surface area contributed by atoms with Gasteiger partial charge >= 0.3 is 6.01 Å². The van der Waals surface area contributed by atoms with Crippen molar-refractivity contribution < 1.29 is 18.3 Å². The third kappa shape index (κ3) is 3.67. The Kier molecular flexibility index (Phi) is 5.00. The molecule has 0 saturated carbocycles. The molecule has 1 aliphatic rings. The average molecular weight is 451 g/mol. The molecule has 4 N–H and O–H groups in total. The number of aromatic nitrogens is 4. The van der Waals surface area contributed by atoms with Crippen molar-refractivity contribution in [3.8, 4) is 12.0 Å². The van der Waals surface area contributed by atoms with Crippen LogP contribution in [0, 0.1) is 11.6 Å². The first kappa shape index (κ1) is 20.6. The number of ether oxygens (including phenoxy) is 1. The van der Waals surface area contributed by atoms with Crippen molar-refractivity contribution in [2.24, 2.45) is 5.73 Å². The summed E-state index contributed by atoms with van der Waals surface area (Å²) in [6, 6.07) is 8.55. The van der Waals surface area contributed by atoms with Crippen LogP contribution in [-0.2, 0) is 13.0 Å². The van der Waals surface area contributed by atoms with E-state index >= 15 is 0 Å². The number of halogens is 2. The molecule has 2 aromatic carbocycles. The second-order valence-electron chi connectivity index (χ2n) is 7.48. The number of primary amides is 1. The van der Waals surface area contributed by atoms with Gasteiger partial charge < -0.3 is 21.1 Å². The van der Waals surface area contributed by atoms with E-state index in [4.69, 9.17) is 10.5 Å². The van der Waals surface area contributed by atoms with Gasteiger partial charge in [-0.05, 0) is 30.2 Å². The summed E-state index contributed by atoms with van der Waals surface area (Å²) < 4.78 is 34.7. The molecule has 3 heterocycles. The Balaban J connectivity index is 1.64. The van der Waals surface area contributed by atoms with Gasteiger partial charge in [-0.3, -0.25) is 4.79 Å². The summed E-state index contributed by atoms with van der Waals surface area (Å²) >= 11 is 0. The van der Waals surface area contributed by atoms with Crippen molar-refractivity contribution >= 4 is 28.6 Å². The third-order valence-electron chi connectivity index (χ3n) is 5.35. The molecule has 0 aliphatic carbocycles. The Morgan fingerprint density at radius 2 is 2.06 bits per heavy atom. The highest BCUT2D eigenvalue weighted by Crippen LogP contribution is 2.32. The highest BCUT2D eigenvalue weighted by molar-refractivity contribution is 6.04. The molecule has 0 atom stereocenters. The number of methoxy groups -OCH3 is 1. The summed E-state index contributed by atoms with van der Waals surface area (Å²) in [5.74, 6) is -0.502. The molecule has 0 spiro atoms. The van der Waals surface area contributed by atoms with Crippen LogP contribution in [0.25, 0.3) is 17.0 Å². The van der Waals surface area contributed by atoms with E-state index in [1.807, 2.05) is 0 Å². The number of carbonyl (C=O) groups excluding carboxylic acids is 1. The van der Waals surface area contributed by atoms with Crippen molar-refractivity contribution in [1.82, 2.24) is 19.5 Å². The Morgan fingerprint density at radius 1 is 1.21 bits per heavy atom. The van der Waals surface area contributed by atoms with Crippen molar-refractivity contribution in [2.45, 2.75) is 13.0 Å². The number of nitrogens with zero attached hydrogens (tertiary/aromatic N) is 4. The lowest BCUT2D eigenvalue weighted by atomic mass is 10.1. The zero-order valence-corrected chi connectivity index (χ0v) is 17.5. The molecule has 0 radical (unpaired) electrons. The second kappa shape index (κ2) is 8.01. The number of benzene rings is 2. The average Bonchev–Trinajstić information content (AvgIpc) is 3.41. The summed E-state index contributed by atoms with van der Waals surface area (Å²) in [5, 5.41) is 6.44. The summed E-state index contributed by atoms with van der Waals surface area (Å²) in [4.78, 5) is 25.4. The summed E-state index contributed by atoms with van der Waals surface area (Å²) in [6.07, 6.45) is 0.698.